The smallest absolute Gasteiger partial charge is 0.00670 e. The van der Waals surface area contributed by atoms with Crippen molar-refractivity contribution < 1.29 is 0 Å². The topological polar surface area (TPSA) is 15.3 Å². The van der Waals surface area contributed by atoms with Gasteiger partial charge >= 0.3 is 0 Å². The number of hydrogen-bond acceptors (Lipinski definition) is 2. The quantitative estimate of drug-likeness (QED) is 0.723. The monoisotopic (exact) mass is 260 g/mol. The zero-order valence-corrected chi connectivity index (χ0v) is 12.3. The van der Waals surface area contributed by atoms with Gasteiger partial charge in [-0.3, -0.25) is 0 Å². The van der Waals surface area contributed by atoms with Gasteiger partial charge in [0.2, 0.25) is 0 Å². The van der Waals surface area contributed by atoms with Crippen molar-refractivity contribution in [3.63, 3.8) is 0 Å². The third-order valence-corrected chi connectivity index (χ3v) is 4.13. The Morgan fingerprint density at radius 2 is 1.84 bits per heavy atom. The average molecular weight is 260 g/mol. The van der Waals surface area contributed by atoms with E-state index in [9.17, 15) is 0 Å². The minimum absolute atomic E-state index is 0.814. The summed E-state index contributed by atoms with van der Waals surface area (Å²) in [6, 6.07) is 11.6. The standard InChI is InChI=1S/C17H28N2/c1-19(15-12-16-8-3-2-4-9-16)14-7-13-18-17-10-5-6-11-17/h2-4,8-9,17-18H,5-7,10-15H2,1H3. The molecule has 0 aromatic heterocycles. The van der Waals surface area contributed by atoms with E-state index in [-0.39, 0.29) is 0 Å². The van der Waals surface area contributed by atoms with Gasteiger partial charge in [-0.15, -0.1) is 0 Å². The summed E-state index contributed by atoms with van der Waals surface area (Å²) >= 11 is 0. The van der Waals surface area contributed by atoms with Gasteiger partial charge in [0, 0.05) is 12.6 Å². The first kappa shape index (κ1) is 14.5. The summed E-state index contributed by atoms with van der Waals surface area (Å²) < 4.78 is 0. The molecule has 0 atom stereocenters. The Bertz CT molecular complexity index is 330. The predicted octanol–water partition coefficient (Wildman–Crippen LogP) is 3.08. The highest BCUT2D eigenvalue weighted by molar-refractivity contribution is 5.14. The molecule has 0 unspecified atom stereocenters. The Hall–Kier alpha value is -0.860. The van der Waals surface area contributed by atoms with Crippen molar-refractivity contribution in [3.8, 4) is 0 Å². The minimum Gasteiger partial charge on any atom is -0.314 e. The van der Waals surface area contributed by atoms with Crippen LogP contribution in [0.2, 0.25) is 0 Å². The highest BCUT2D eigenvalue weighted by Crippen LogP contribution is 2.17. The molecule has 0 bridgehead atoms. The average Bonchev–Trinajstić information content (AvgIpc) is 2.96. The number of hydrogen-bond donors (Lipinski definition) is 1. The summed E-state index contributed by atoms with van der Waals surface area (Å²) in [5, 5.41) is 3.68. The molecule has 0 spiro atoms. The van der Waals surface area contributed by atoms with E-state index in [1.54, 1.807) is 0 Å². The van der Waals surface area contributed by atoms with Crippen LogP contribution in [0.3, 0.4) is 0 Å². The Balaban J connectivity index is 1.51. The van der Waals surface area contributed by atoms with Gasteiger partial charge in [0.05, 0.1) is 0 Å². The lowest BCUT2D eigenvalue weighted by Gasteiger charge is -2.18. The molecular weight excluding hydrogens is 232 g/mol. The van der Waals surface area contributed by atoms with Crippen molar-refractivity contribution in [2.45, 2.75) is 44.6 Å². The number of rotatable bonds is 8. The molecule has 1 saturated carbocycles. The van der Waals surface area contributed by atoms with Crippen molar-refractivity contribution in [1.29, 1.82) is 0 Å². The summed E-state index contributed by atoms with van der Waals surface area (Å²) in [4.78, 5) is 2.45. The fourth-order valence-corrected chi connectivity index (χ4v) is 2.86. The van der Waals surface area contributed by atoms with Crippen LogP contribution in [0.15, 0.2) is 30.3 Å². The molecule has 0 amide bonds. The van der Waals surface area contributed by atoms with E-state index < -0.39 is 0 Å². The van der Waals surface area contributed by atoms with Crippen LogP contribution in [0.5, 0.6) is 0 Å². The van der Waals surface area contributed by atoms with Crippen LogP contribution in [0.1, 0.15) is 37.7 Å². The summed E-state index contributed by atoms with van der Waals surface area (Å²) in [6.45, 7) is 3.54. The normalized spacial score (nSPS) is 16.3. The van der Waals surface area contributed by atoms with E-state index in [0.29, 0.717) is 0 Å². The lowest BCUT2D eigenvalue weighted by atomic mass is 10.1. The number of likely N-dealkylation sites (N-methyl/N-ethyl adjacent to an activating group) is 1. The fraction of sp³-hybridized carbons (Fsp3) is 0.647. The van der Waals surface area contributed by atoms with Crippen molar-refractivity contribution in [1.82, 2.24) is 10.2 Å². The molecule has 0 saturated heterocycles. The first-order chi connectivity index (χ1) is 9.34. The highest BCUT2D eigenvalue weighted by atomic mass is 15.1. The highest BCUT2D eigenvalue weighted by Gasteiger charge is 2.13. The van der Waals surface area contributed by atoms with Gasteiger partial charge in [-0.1, -0.05) is 43.2 Å². The molecule has 1 N–H and O–H groups in total. The van der Waals surface area contributed by atoms with Gasteiger partial charge in [-0.2, -0.15) is 0 Å². The van der Waals surface area contributed by atoms with Gasteiger partial charge < -0.3 is 10.2 Å². The lowest BCUT2D eigenvalue weighted by molar-refractivity contribution is 0.327. The molecule has 1 aromatic rings. The first-order valence-corrected chi connectivity index (χ1v) is 7.80. The van der Waals surface area contributed by atoms with Crippen molar-refractivity contribution in [3.05, 3.63) is 35.9 Å². The molecule has 2 nitrogen and oxygen atoms in total. The molecule has 2 heteroatoms. The molecule has 1 aliphatic carbocycles. The molecule has 0 aliphatic heterocycles. The minimum atomic E-state index is 0.814. The number of benzene rings is 1. The SMILES string of the molecule is CN(CCCNC1CCCC1)CCc1ccccc1. The second-order valence-electron chi connectivity index (χ2n) is 5.83. The Labute approximate surface area is 118 Å². The molecule has 106 valence electrons. The van der Waals surface area contributed by atoms with Crippen LogP contribution in [0.4, 0.5) is 0 Å². The molecular formula is C17H28N2. The van der Waals surface area contributed by atoms with Gasteiger partial charge in [0.15, 0.2) is 0 Å². The second-order valence-corrected chi connectivity index (χ2v) is 5.83. The van der Waals surface area contributed by atoms with E-state index in [4.69, 9.17) is 0 Å². The first-order valence-electron chi connectivity index (χ1n) is 7.80. The van der Waals surface area contributed by atoms with Crippen LogP contribution in [0.25, 0.3) is 0 Å². The van der Waals surface area contributed by atoms with E-state index in [1.165, 1.54) is 50.8 Å². The van der Waals surface area contributed by atoms with Crippen LogP contribution in [-0.4, -0.2) is 37.6 Å². The Morgan fingerprint density at radius 1 is 1.11 bits per heavy atom. The van der Waals surface area contributed by atoms with Crippen LogP contribution < -0.4 is 5.32 Å². The van der Waals surface area contributed by atoms with Crippen molar-refractivity contribution in [2.24, 2.45) is 0 Å². The maximum atomic E-state index is 3.68. The van der Waals surface area contributed by atoms with Gasteiger partial charge in [-0.25, -0.2) is 0 Å². The summed E-state index contributed by atoms with van der Waals surface area (Å²) in [5.41, 5.74) is 1.44. The number of nitrogens with zero attached hydrogens (tertiary/aromatic N) is 1. The molecule has 0 heterocycles. The van der Waals surface area contributed by atoms with Gasteiger partial charge in [-0.05, 0) is 51.4 Å². The maximum absolute atomic E-state index is 3.68. The third kappa shape index (κ3) is 5.75. The van der Waals surface area contributed by atoms with E-state index in [1.807, 2.05) is 0 Å². The second kappa shape index (κ2) is 8.34. The lowest BCUT2D eigenvalue weighted by Crippen LogP contribution is -2.30. The molecule has 1 aromatic carbocycles. The molecule has 2 rings (SSSR count). The Morgan fingerprint density at radius 3 is 2.58 bits per heavy atom. The van der Waals surface area contributed by atoms with Gasteiger partial charge in [0.25, 0.3) is 0 Å². The fourth-order valence-electron chi connectivity index (χ4n) is 2.86. The maximum Gasteiger partial charge on any atom is 0.00670 e. The summed E-state index contributed by atoms with van der Waals surface area (Å²) in [5.74, 6) is 0. The zero-order chi connectivity index (χ0) is 13.3. The van der Waals surface area contributed by atoms with Crippen LogP contribution in [0, 0.1) is 0 Å². The largest absolute Gasteiger partial charge is 0.314 e. The summed E-state index contributed by atoms with van der Waals surface area (Å²) in [7, 11) is 2.23. The molecule has 1 aliphatic rings. The van der Waals surface area contributed by atoms with E-state index in [0.717, 1.165) is 19.0 Å². The Kier molecular flexibility index (Phi) is 6.38. The predicted molar refractivity (Wildman–Crippen MR) is 82.5 cm³/mol. The van der Waals surface area contributed by atoms with Crippen LogP contribution >= 0.6 is 0 Å². The van der Waals surface area contributed by atoms with Crippen molar-refractivity contribution in [2.75, 3.05) is 26.7 Å². The van der Waals surface area contributed by atoms with Crippen LogP contribution in [-0.2, 0) is 6.42 Å². The van der Waals surface area contributed by atoms with Gasteiger partial charge in [0.1, 0.15) is 0 Å². The van der Waals surface area contributed by atoms with Crippen molar-refractivity contribution >= 4 is 0 Å². The molecule has 19 heavy (non-hydrogen) atoms. The third-order valence-electron chi connectivity index (χ3n) is 4.13. The molecule has 0 radical (unpaired) electrons. The summed E-state index contributed by atoms with van der Waals surface area (Å²) in [6.07, 6.45) is 8.06. The molecule has 1 fully saturated rings. The van der Waals surface area contributed by atoms with E-state index >= 15 is 0 Å². The number of nitrogens with one attached hydrogen (secondary N) is 1. The zero-order valence-electron chi connectivity index (χ0n) is 12.3. The van der Waals surface area contributed by atoms with E-state index in [2.05, 4.69) is 47.6 Å².